The van der Waals surface area contributed by atoms with E-state index in [0.717, 1.165) is 5.69 Å². The third-order valence-electron chi connectivity index (χ3n) is 5.34. The topological polar surface area (TPSA) is 84.7 Å². The number of amides is 1. The van der Waals surface area contributed by atoms with Crippen molar-refractivity contribution in [3.8, 4) is 0 Å². The van der Waals surface area contributed by atoms with Gasteiger partial charge in [0, 0.05) is 38.4 Å². The van der Waals surface area contributed by atoms with Gasteiger partial charge in [0.2, 0.25) is 5.91 Å². The number of hydrogen-bond donors (Lipinski definition) is 1. The predicted molar refractivity (Wildman–Crippen MR) is 93.5 cm³/mol. The SMILES string of the molecule is COCC[C@]1(O)CCN(C(=O)Cn2nc(C)c(C(C)=O)c2C)CC1C. The van der Waals surface area contributed by atoms with Gasteiger partial charge < -0.3 is 14.7 Å². The molecule has 0 aromatic carbocycles. The number of methoxy groups -OCH3 is 1. The quantitative estimate of drug-likeness (QED) is 0.782. The lowest BCUT2D eigenvalue weighted by Gasteiger charge is -2.43. The number of carbonyl (C=O) groups is 2. The van der Waals surface area contributed by atoms with Crippen molar-refractivity contribution in [1.82, 2.24) is 14.7 Å². The minimum atomic E-state index is -0.785. The van der Waals surface area contributed by atoms with E-state index < -0.39 is 5.60 Å². The van der Waals surface area contributed by atoms with E-state index in [1.54, 1.807) is 23.6 Å². The first-order valence-electron chi connectivity index (χ1n) is 8.73. The summed E-state index contributed by atoms with van der Waals surface area (Å²) in [6, 6.07) is 0. The number of aromatic nitrogens is 2. The normalized spacial score (nSPS) is 23.8. The molecule has 140 valence electrons. The molecule has 2 atom stereocenters. The van der Waals surface area contributed by atoms with Crippen molar-refractivity contribution in [2.75, 3.05) is 26.8 Å². The maximum atomic E-state index is 12.7. The van der Waals surface area contributed by atoms with Gasteiger partial charge in [-0.1, -0.05) is 6.92 Å². The molecule has 1 aliphatic rings. The van der Waals surface area contributed by atoms with E-state index >= 15 is 0 Å². The Balaban J connectivity index is 2.04. The Morgan fingerprint density at radius 2 is 2.08 bits per heavy atom. The van der Waals surface area contributed by atoms with Crippen LogP contribution in [0.2, 0.25) is 0 Å². The van der Waals surface area contributed by atoms with Crippen molar-refractivity contribution in [3.05, 3.63) is 17.0 Å². The number of carbonyl (C=O) groups excluding carboxylic acids is 2. The van der Waals surface area contributed by atoms with E-state index in [2.05, 4.69) is 5.10 Å². The van der Waals surface area contributed by atoms with Gasteiger partial charge in [-0.2, -0.15) is 5.10 Å². The highest BCUT2D eigenvalue weighted by Crippen LogP contribution is 2.31. The van der Waals surface area contributed by atoms with Gasteiger partial charge in [-0.05, 0) is 33.6 Å². The minimum absolute atomic E-state index is 0.0198. The maximum Gasteiger partial charge on any atom is 0.244 e. The van der Waals surface area contributed by atoms with Crippen molar-refractivity contribution >= 4 is 11.7 Å². The average Bonchev–Trinajstić information content (AvgIpc) is 2.82. The molecular formula is C18H29N3O4. The molecule has 1 N–H and O–H groups in total. The molecule has 0 aliphatic carbocycles. The molecule has 2 heterocycles. The molecule has 1 aliphatic heterocycles. The summed E-state index contributed by atoms with van der Waals surface area (Å²) in [5.74, 6) is -0.0987. The number of hydrogen-bond acceptors (Lipinski definition) is 5. The Kier molecular flexibility index (Phi) is 6.00. The number of rotatable bonds is 6. The number of Topliss-reactive ketones (excluding diaryl/α,β-unsaturated/α-hetero) is 1. The fraction of sp³-hybridized carbons (Fsp3) is 0.722. The van der Waals surface area contributed by atoms with Gasteiger partial charge >= 0.3 is 0 Å². The van der Waals surface area contributed by atoms with Crippen LogP contribution in [-0.2, 0) is 16.1 Å². The van der Waals surface area contributed by atoms with Crippen molar-refractivity contribution < 1.29 is 19.4 Å². The van der Waals surface area contributed by atoms with Crippen molar-refractivity contribution in [1.29, 1.82) is 0 Å². The van der Waals surface area contributed by atoms with E-state index in [0.29, 0.717) is 43.8 Å². The second-order valence-electron chi connectivity index (χ2n) is 7.10. The minimum Gasteiger partial charge on any atom is -0.389 e. The van der Waals surface area contributed by atoms with Crippen LogP contribution in [0.4, 0.5) is 0 Å². The highest BCUT2D eigenvalue weighted by molar-refractivity contribution is 5.96. The van der Waals surface area contributed by atoms with Gasteiger partial charge in [0.05, 0.1) is 16.9 Å². The Labute approximate surface area is 148 Å². The molecule has 25 heavy (non-hydrogen) atoms. The predicted octanol–water partition coefficient (Wildman–Crippen LogP) is 1.34. The van der Waals surface area contributed by atoms with Crippen molar-refractivity contribution in [2.45, 2.75) is 52.7 Å². The van der Waals surface area contributed by atoms with E-state index in [4.69, 9.17) is 4.74 Å². The highest BCUT2D eigenvalue weighted by atomic mass is 16.5. The van der Waals surface area contributed by atoms with Crippen LogP contribution in [0.3, 0.4) is 0 Å². The molecule has 0 spiro atoms. The summed E-state index contributed by atoms with van der Waals surface area (Å²) in [5, 5.41) is 15.1. The second kappa shape index (κ2) is 7.66. The largest absolute Gasteiger partial charge is 0.389 e. The number of likely N-dealkylation sites (tertiary alicyclic amines) is 1. The molecule has 2 rings (SSSR count). The lowest BCUT2D eigenvalue weighted by Crippen LogP contribution is -2.53. The lowest BCUT2D eigenvalue weighted by molar-refractivity contribution is -0.141. The highest BCUT2D eigenvalue weighted by Gasteiger charge is 2.39. The van der Waals surface area contributed by atoms with Crippen molar-refractivity contribution in [2.24, 2.45) is 5.92 Å². The molecule has 0 radical (unpaired) electrons. The van der Waals surface area contributed by atoms with Gasteiger partial charge in [-0.3, -0.25) is 14.3 Å². The fourth-order valence-electron chi connectivity index (χ4n) is 3.63. The van der Waals surface area contributed by atoms with Crippen LogP contribution >= 0.6 is 0 Å². The van der Waals surface area contributed by atoms with Crippen molar-refractivity contribution in [3.63, 3.8) is 0 Å². The summed E-state index contributed by atoms with van der Waals surface area (Å²) in [6.07, 6.45) is 1.12. The summed E-state index contributed by atoms with van der Waals surface area (Å²) in [7, 11) is 1.62. The van der Waals surface area contributed by atoms with Gasteiger partial charge in [-0.25, -0.2) is 0 Å². The van der Waals surface area contributed by atoms with Gasteiger partial charge in [0.1, 0.15) is 6.54 Å². The third-order valence-corrected chi connectivity index (χ3v) is 5.34. The summed E-state index contributed by atoms with van der Waals surface area (Å²) < 4.78 is 6.68. The molecular weight excluding hydrogens is 322 g/mol. The van der Waals surface area contributed by atoms with Crippen LogP contribution in [0.5, 0.6) is 0 Å². The first-order chi connectivity index (χ1) is 11.7. The Morgan fingerprint density at radius 3 is 2.60 bits per heavy atom. The third kappa shape index (κ3) is 4.10. The molecule has 0 saturated carbocycles. The van der Waals surface area contributed by atoms with Crippen LogP contribution in [0.25, 0.3) is 0 Å². The first-order valence-corrected chi connectivity index (χ1v) is 8.73. The molecule has 0 bridgehead atoms. The monoisotopic (exact) mass is 351 g/mol. The lowest BCUT2D eigenvalue weighted by atomic mass is 9.80. The zero-order valence-electron chi connectivity index (χ0n) is 15.8. The second-order valence-corrected chi connectivity index (χ2v) is 7.10. The number of piperidine rings is 1. The first kappa shape index (κ1) is 19.6. The molecule has 1 saturated heterocycles. The Morgan fingerprint density at radius 1 is 1.40 bits per heavy atom. The zero-order valence-corrected chi connectivity index (χ0v) is 15.8. The Hall–Kier alpha value is -1.73. The summed E-state index contributed by atoms with van der Waals surface area (Å²) in [4.78, 5) is 26.1. The van der Waals surface area contributed by atoms with E-state index in [1.165, 1.54) is 6.92 Å². The molecule has 7 heteroatoms. The summed E-state index contributed by atoms with van der Waals surface area (Å²) >= 11 is 0. The maximum absolute atomic E-state index is 12.7. The number of aryl methyl sites for hydroxylation is 1. The number of ether oxygens (including phenoxy) is 1. The van der Waals surface area contributed by atoms with Gasteiger partial charge in [0.25, 0.3) is 0 Å². The molecule has 1 aromatic rings. The van der Waals surface area contributed by atoms with E-state index in [9.17, 15) is 14.7 Å². The average molecular weight is 351 g/mol. The molecule has 1 fully saturated rings. The summed E-state index contributed by atoms with van der Waals surface area (Å²) in [6.45, 7) is 8.72. The van der Waals surface area contributed by atoms with E-state index in [-0.39, 0.29) is 24.2 Å². The Bertz CT molecular complexity index is 655. The summed E-state index contributed by atoms with van der Waals surface area (Å²) in [5.41, 5.74) is 1.18. The number of aliphatic hydroxyl groups is 1. The van der Waals surface area contributed by atoms with Crippen LogP contribution in [0, 0.1) is 19.8 Å². The standard InChI is InChI=1S/C18H29N3O4/c1-12-10-20(8-6-18(12,24)7-9-25-5)16(23)11-21-14(3)17(15(4)22)13(2)19-21/h12,24H,6-11H2,1-5H3/t12?,18-/m1/s1. The fourth-order valence-corrected chi connectivity index (χ4v) is 3.63. The number of nitrogens with zero attached hydrogens (tertiary/aromatic N) is 3. The zero-order chi connectivity index (χ0) is 18.8. The van der Waals surface area contributed by atoms with Crippen LogP contribution in [0.15, 0.2) is 0 Å². The van der Waals surface area contributed by atoms with E-state index in [1.807, 2.05) is 13.8 Å². The van der Waals surface area contributed by atoms with Crippen LogP contribution in [-0.4, -0.2) is 63.9 Å². The molecule has 1 aromatic heterocycles. The van der Waals surface area contributed by atoms with Gasteiger partial charge in [0.15, 0.2) is 5.78 Å². The van der Waals surface area contributed by atoms with Crippen LogP contribution < -0.4 is 0 Å². The smallest absolute Gasteiger partial charge is 0.244 e. The molecule has 1 unspecified atom stereocenters. The molecule has 1 amide bonds. The van der Waals surface area contributed by atoms with Crippen LogP contribution in [0.1, 0.15) is 48.4 Å². The van der Waals surface area contributed by atoms with Gasteiger partial charge in [-0.15, -0.1) is 0 Å². The molecule has 7 nitrogen and oxygen atoms in total. The number of ketones is 1.